The minimum atomic E-state index is -0.558. The largest absolute Gasteiger partial charge is 0.422 e. The first-order valence-electron chi connectivity index (χ1n) is 9.66. The molecule has 1 aromatic heterocycles. The molecular weight excluding hydrogens is 400 g/mol. The fraction of sp³-hybridized carbons (Fsp3) is 0.120. The van der Waals surface area contributed by atoms with E-state index in [0.717, 1.165) is 17.5 Å². The summed E-state index contributed by atoms with van der Waals surface area (Å²) in [6.45, 7) is 2.04. The highest BCUT2D eigenvalue weighted by Crippen LogP contribution is 2.35. The van der Waals surface area contributed by atoms with Gasteiger partial charge in [-0.1, -0.05) is 67.1 Å². The van der Waals surface area contributed by atoms with Gasteiger partial charge in [0.25, 0.3) is 0 Å². The van der Waals surface area contributed by atoms with Crippen LogP contribution in [0.2, 0.25) is 5.02 Å². The minimum Gasteiger partial charge on any atom is -0.422 e. The highest BCUT2D eigenvalue weighted by molar-refractivity contribution is 6.36. The molecule has 0 aliphatic heterocycles. The summed E-state index contributed by atoms with van der Waals surface area (Å²) >= 11 is 6.41. The highest BCUT2D eigenvalue weighted by atomic mass is 35.5. The molecule has 0 aliphatic carbocycles. The van der Waals surface area contributed by atoms with Crippen LogP contribution in [0, 0.1) is 0 Å². The third-order valence-electron chi connectivity index (χ3n) is 4.94. The zero-order chi connectivity index (χ0) is 21.1. The summed E-state index contributed by atoms with van der Waals surface area (Å²) in [7, 11) is 0. The number of benzene rings is 3. The zero-order valence-corrected chi connectivity index (χ0v) is 17.1. The molecule has 1 heterocycles. The summed E-state index contributed by atoms with van der Waals surface area (Å²) in [4.78, 5) is 25.7. The van der Waals surface area contributed by atoms with Crippen LogP contribution in [0.3, 0.4) is 0 Å². The molecule has 0 atom stereocenters. The first kappa shape index (κ1) is 19.9. The van der Waals surface area contributed by atoms with Crippen molar-refractivity contribution in [3.05, 3.63) is 110 Å². The molecule has 0 unspecified atom stereocenters. The van der Waals surface area contributed by atoms with E-state index in [-0.39, 0.29) is 23.3 Å². The van der Waals surface area contributed by atoms with Gasteiger partial charge in [-0.2, -0.15) is 0 Å². The number of rotatable bonds is 5. The average Bonchev–Trinajstić information content (AvgIpc) is 2.77. The van der Waals surface area contributed by atoms with Crippen LogP contribution < -0.4 is 10.4 Å². The first-order valence-corrected chi connectivity index (χ1v) is 10.0. The Morgan fingerprint density at radius 1 is 0.933 bits per heavy atom. The van der Waals surface area contributed by atoms with E-state index in [0.29, 0.717) is 16.0 Å². The number of esters is 1. The first-order chi connectivity index (χ1) is 14.6. The van der Waals surface area contributed by atoms with Gasteiger partial charge in [-0.25, -0.2) is 9.59 Å². The molecule has 0 fully saturated rings. The Morgan fingerprint density at radius 2 is 1.67 bits per heavy atom. The molecule has 0 saturated carbocycles. The molecule has 150 valence electrons. The monoisotopic (exact) mass is 418 g/mol. The third-order valence-corrected chi connectivity index (χ3v) is 5.26. The van der Waals surface area contributed by atoms with Crippen LogP contribution in [0.5, 0.6) is 5.75 Å². The molecule has 0 N–H and O–H groups in total. The minimum absolute atomic E-state index is 0.139. The summed E-state index contributed by atoms with van der Waals surface area (Å²) in [6, 6.07) is 21.6. The van der Waals surface area contributed by atoms with Crippen molar-refractivity contribution in [3.8, 4) is 5.75 Å². The maximum absolute atomic E-state index is 12.9. The lowest BCUT2D eigenvalue weighted by Gasteiger charge is -2.13. The molecule has 30 heavy (non-hydrogen) atoms. The third kappa shape index (κ3) is 4.00. The summed E-state index contributed by atoms with van der Waals surface area (Å²) in [6.07, 6.45) is 1.12. The Hall–Kier alpha value is -3.37. The van der Waals surface area contributed by atoms with Gasteiger partial charge in [0.2, 0.25) is 0 Å². The van der Waals surface area contributed by atoms with E-state index >= 15 is 0 Å². The molecule has 0 aliphatic rings. The molecule has 4 aromatic rings. The Bertz CT molecular complexity index is 1260. The number of fused-ring (bicyclic) bond motifs is 1. The van der Waals surface area contributed by atoms with E-state index in [2.05, 4.69) is 0 Å². The van der Waals surface area contributed by atoms with Crippen LogP contribution >= 0.6 is 11.6 Å². The average molecular weight is 419 g/mol. The van der Waals surface area contributed by atoms with Crippen molar-refractivity contribution in [3.63, 3.8) is 0 Å². The van der Waals surface area contributed by atoms with Crippen molar-refractivity contribution in [2.75, 3.05) is 0 Å². The SMILES string of the molecule is CCc1ccc(C(=O)Oc2c(Cc3ccccc3)c(=O)oc3cccc(Cl)c23)cc1. The van der Waals surface area contributed by atoms with Gasteiger partial charge in [-0.05, 0) is 41.8 Å². The van der Waals surface area contributed by atoms with E-state index in [9.17, 15) is 9.59 Å². The Labute approximate surface area is 178 Å². The van der Waals surface area contributed by atoms with Gasteiger partial charge in [-0.15, -0.1) is 0 Å². The van der Waals surface area contributed by atoms with Crippen molar-refractivity contribution in [1.29, 1.82) is 0 Å². The van der Waals surface area contributed by atoms with Gasteiger partial charge >= 0.3 is 11.6 Å². The van der Waals surface area contributed by atoms with Crippen molar-refractivity contribution in [2.45, 2.75) is 19.8 Å². The number of hydrogen-bond acceptors (Lipinski definition) is 4. The van der Waals surface area contributed by atoms with Crippen LogP contribution in [0.4, 0.5) is 0 Å². The van der Waals surface area contributed by atoms with Gasteiger partial charge in [-0.3, -0.25) is 0 Å². The van der Waals surface area contributed by atoms with Crippen LogP contribution in [0.25, 0.3) is 11.0 Å². The second-order valence-corrected chi connectivity index (χ2v) is 7.32. The molecule has 0 radical (unpaired) electrons. The maximum Gasteiger partial charge on any atom is 0.343 e. The number of carbonyl (C=O) groups excluding carboxylic acids is 1. The molecule has 5 heteroatoms. The molecule has 0 saturated heterocycles. The number of halogens is 1. The molecular formula is C25H19ClO4. The second kappa shape index (κ2) is 8.56. The zero-order valence-electron chi connectivity index (χ0n) is 16.4. The predicted octanol–water partition coefficient (Wildman–Crippen LogP) is 5.82. The summed E-state index contributed by atoms with van der Waals surface area (Å²) < 4.78 is 11.2. The van der Waals surface area contributed by atoms with Crippen molar-refractivity contribution < 1.29 is 13.9 Å². The van der Waals surface area contributed by atoms with E-state index < -0.39 is 11.6 Å². The van der Waals surface area contributed by atoms with E-state index in [1.807, 2.05) is 49.4 Å². The van der Waals surface area contributed by atoms with Crippen LogP contribution in [0.15, 0.2) is 82.0 Å². The maximum atomic E-state index is 12.9. The normalized spacial score (nSPS) is 10.9. The quantitative estimate of drug-likeness (QED) is 0.303. The molecule has 4 rings (SSSR count). The van der Waals surface area contributed by atoms with Crippen molar-refractivity contribution in [2.24, 2.45) is 0 Å². The van der Waals surface area contributed by atoms with Gasteiger partial charge in [0.15, 0.2) is 5.75 Å². The van der Waals surface area contributed by atoms with Crippen LogP contribution in [0.1, 0.15) is 34.0 Å². The van der Waals surface area contributed by atoms with Gasteiger partial charge in [0.1, 0.15) is 5.58 Å². The summed E-state index contributed by atoms with van der Waals surface area (Å²) in [5.74, 6) is -0.418. The summed E-state index contributed by atoms with van der Waals surface area (Å²) in [5, 5.41) is 0.748. The lowest BCUT2D eigenvalue weighted by atomic mass is 10.0. The van der Waals surface area contributed by atoms with E-state index in [1.165, 1.54) is 0 Å². The van der Waals surface area contributed by atoms with Gasteiger partial charge < -0.3 is 9.15 Å². The topological polar surface area (TPSA) is 56.5 Å². The fourth-order valence-electron chi connectivity index (χ4n) is 3.31. The van der Waals surface area contributed by atoms with Gasteiger partial charge in [0.05, 0.1) is 21.5 Å². The highest BCUT2D eigenvalue weighted by Gasteiger charge is 2.22. The van der Waals surface area contributed by atoms with E-state index in [4.69, 9.17) is 20.8 Å². The fourth-order valence-corrected chi connectivity index (χ4v) is 3.56. The van der Waals surface area contributed by atoms with Crippen molar-refractivity contribution in [1.82, 2.24) is 0 Å². The van der Waals surface area contributed by atoms with Crippen LogP contribution in [-0.2, 0) is 12.8 Å². The van der Waals surface area contributed by atoms with Crippen molar-refractivity contribution >= 4 is 28.5 Å². The lowest BCUT2D eigenvalue weighted by Crippen LogP contribution is -2.16. The summed E-state index contributed by atoms with van der Waals surface area (Å²) in [5.41, 5.74) is 2.36. The Kier molecular flexibility index (Phi) is 5.68. The number of aryl methyl sites for hydroxylation is 1. The molecule has 0 amide bonds. The smallest absolute Gasteiger partial charge is 0.343 e. The Balaban J connectivity index is 1.83. The predicted molar refractivity (Wildman–Crippen MR) is 118 cm³/mol. The van der Waals surface area contributed by atoms with E-state index in [1.54, 1.807) is 30.3 Å². The standard InChI is InChI=1S/C25H19ClO4/c1-2-16-11-13-18(14-12-16)24(27)30-23-19(15-17-7-4-3-5-8-17)25(28)29-21-10-6-9-20(26)22(21)23/h3-14H,2,15H2,1H3. The number of carbonyl (C=O) groups is 1. The van der Waals surface area contributed by atoms with Gasteiger partial charge in [0, 0.05) is 6.42 Å². The second-order valence-electron chi connectivity index (χ2n) is 6.91. The molecule has 4 nitrogen and oxygen atoms in total. The van der Waals surface area contributed by atoms with Crippen LogP contribution in [-0.4, -0.2) is 5.97 Å². The molecule has 3 aromatic carbocycles. The molecule has 0 bridgehead atoms. The lowest BCUT2D eigenvalue weighted by molar-refractivity contribution is 0.0735. The molecule has 0 spiro atoms. The Morgan fingerprint density at radius 3 is 2.37 bits per heavy atom. The number of hydrogen-bond donors (Lipinski definition) is 0. The number of ether oxygens (including phenoxy) is 1.